The van der Waals surface area contributed by atoms with Crippen LogP contribution in [0.2, 0.25) is 0 Å². The summed E-state index contributed by atoms with van der Waals surface area (Å²) in [7, 11) is 0. The van der Waals surface area contributed by atoms with E-state index in [2.05, 4.69) is 22.4 Å². The molecule has 1 fully saturated rings. The van der Waals surface area contributed by atoms with Gasteiger partial charge in [-0.05, 0) is 25.7 Å². The number of nitrogens with one attached hydrogen (secondary N) is 1. The highest BCUT2D eigenvalue weighted by molar-refractivity contribution is 5.09. The molecule has 4 nitrogen and oxygen atoms in total. The predicted molar refractivity (Wildman–Crippen MR) is 71.8 cm³/mol. The summed E-state index contributed by atoms with van der Waals surface area (Å²) in [5, 5.41) is 11.9. The lowest BCUT2D eigenvalue weighted by Crippen LogP contribution is -2.35. The first-order valence-electron chi connectivity index (χ1n) is 7.73. The Hall–Kier alpha value is -1.11. The number of nitrogens with zero attached hydrogens (tertiary/aromatic N) is 3. The van der Waals surface area contributed by atoms with Crippen molar-refractivity contribution < 1.29 is 13.2 Å². The first kappa shape index (κ1) is 14.8. The second-order valence-electron chi connectivity index (χ2n) is 6.09. The maximum atomic E-state index is 13.0. The molecule has 1 saturated carbocycles. The molecule has 118 valence electrons. The Balaban J connectivity index is 1.83. The number of hydrogen-bond donors (Lipinski definition) is 1. The van der Waals surface area contributed by atoms with E-state index in [0.717, 1.165) is 37.6 Å². The van der Waals surface area contributed by atoms with Crippen molar-refractivity contribution in [3.63, 3.8) is 0 Å². The van der Waals surface area contributed by atoms with Crippen LogP contribution in [0.4, 0.5) is 13.2 Å². The molecular formula is C14H21F3N4. The summed E-state index contributed by atoms with van der Waals surface area (Å²) in [5.41, 5.74) is 0. The molecule has 0 bridgehead atoms. The molecule has 1 aliphatic carbocycles. The molecule has 3 rings (SSSR count). The molecule has 21 heavy (non-hydrogen) atoms. The van der Waals surface area contributed by atoms with Crippen molar-refractivity contribution in [2.24, 2.45) is 5.92 Å². The molecule has 0 spiro atoms. The van der Waals surface area contributed by atoms with Crippen molar-refractivity contribution in [3.8, 4) is 0 Å². The summed E-state index contributed by atoms with van der Waals surface area (Å²) >= 11 is 0. The Labute approximate surface area is 122 Å². The molecule has 0 amide bonds. The minimum atomic E-state index is -4.09. The zero-order valence-corrected chi connectivity index (χ0v) is 12.2. The standard InChI is InChI=1S/C14H21F3N4/c1-2-11-13-20-19-12(21(13)7-6-18-11)9-4-3-5-10(8-9)14(15,16)17/h9-11,18H,2-8H2,1H3. The Morgan fingerprint density at radius 1 is 1.24 bits per heavy atom. The normalized spacial score (nSPS) is 30.2. The molecule has 0 aromatic carbocycles. The van der Waals surface area contributed by atoms with Gasteiger partial charge < -0.3 is 9.88 Å². The summed E-state index contributed by atoms with van der Waals surface area (Å²) in [6.07, 6.45) is -1.36. The highest BCUT2D eigenvalue weighted by Gasteiger charge is 2.43. The van der Waals surface area contributed by atoms with Gasteiger partial charge in [0.05, 0.1) is 12.0 Å². The van der Waals surface area contributed by atoms with Crippen LogP contribution in [0.3, 0.4) is 0 Å². The van der Waals surface area contributed by atoms with E-state index in [1.165, 1.54) is 0 Å². The molecule has 0 saturated heterocycles. The fraction of sp³-hybridized carbons (Fsp3) is 0.857. The molecule has 1 aromatic rings. The Kier molecular flexibility index (Phi) is 3.94. The van der Waals surface area contributed by atoms with Crippen LogP contribution in [0.15, 0.2) is 0 Å². The molecular weight excluding hydrogens is 281 g/mol. The summed E-state index contributed by atoms with van der Waals surface area (Å²) in [6.45, 7) is 3.65. The van der Waals surface area contributed by atoms with Crippen molar-refractivity contribution in [2.45, 2.75) is 63.7 Å². The van der Waals surface area contributed by atoms with Gasteiger partial charge in [0, 0.05) is 19.0 Å². The van der Waals surface area contributed by atoms with Crippen LogP contribution in [0.1, 0.15) is 62.6 Å². The number of halogens is 3. The number of fused-ring (bicyclic) bond motifs is 1. The van der Waals surface area contributed by atoms with E-state index in [4.69, 9.17) is 0 Å². The fourth-order valence-corrected chi connectivity index (χ4v) is 3.61. The van der Waals surface area contributed by atoms with E-state index >= 15 is 0 Å². The molecule has 3 unspecified atom stereocenters. The van der Waals surface area contributed by atoms with Crippen LogP contribution in [0, 0.1) is 5.92 Å². The Morgan fingerprint density at radius 3 is 2.71 bits per heavy atom. The van der Waals surface area contributed by atoms with Crippen molar-refractivity contribution >= 4 is 0 Å². The molecule has 7 heteroatoms. The van der Waals surface area contributed by atoms with E-state index in [9.17, 15) is 13.2 Å². The van der Waals surface area contributed by atoms with Crippen LogP contribution in [0.5, 0.6) is 0 Å². The number of alkyl halides is 3. The summed E-state index contributed by atoms with van der Waals surface area (Å²) in [4.78, 5) is 0. The smallest absolute Gasteiger partial charge is 0.312 e. The lowest BCUT2D eigenvalue weighted by Gasteiger charge is -2.31. The van der Waals surface area contributed by atoms with Crippen molar-refractivity contribution in [1.29, 1.82) is 0 Å². The topological polar surface area (TPSA) is 42.7 Å². The van der Waals surface area contributed by atoms with E-state index in [-0.39, 0.29) is 24.8 Å². The van der Waals surface area contributed by atoms with E-state index in [1.54, 1.807) is 0 Å². The summed E-state index contributed by atoms with van der Waals surface area (Å²) < 4.78 is 40.9. The van der Waals surface area contributed by atoms with E-state index < -0.39 is 12.1 Å². The van der Waals surface area contributed by atoms with Crippen molar-refractivity contribution in [1.82, 2.24) is 20.1 Å². The van der Waals surface area contributed by atoms with Gasteiger partial charge in [0.2, 0.25) is 0 Å². The SMILES string of the molecule is CCC1NCCn2c(C3CCCC(C(F)(F)F)C3)nnc21. The first-order valence-corrected chi connectivity index (χ1v) is 7.73. The quantitative estimate of drug-likeness (QED) is 0.912. The third-order valence-electron chi connectivity index (χ3n) is 4.76. The highest BCUT2D eigenvalue weighted by Crippen LogP contribution is 2.43. The number of aromatic nitrogens is 3. The highest BCUT2D eigenvalue weighted by atomic mass is 19.4. The second-order valence-corrected chi connectivity index (χ2v) is 6.09. The van der Waals surface area contributed by atoms with Crippen molar-refractivity contribution in [2.75, 3.05) is 6.54 Å². The second kappa shape index (κ2) is 5.59. The zero-order valence-electron chi connectivity index (χ0n) is 12.2. The minimum absolute atomic E-state index is 0.109. The van der Waals surface area contributed by atoms with Crippen LogP contribution < -0.4 is 5.32 Å². The van der Waals surface area contributed by atoms with Crippen LogP contribution in [0.25, 0.3) is 0 Å². The maximum Gasteiger partial charge on any atom is 0.391 e. The molecule has 0 radical (unpaired) electrons. The van der Waals surface area contributed by atoms with Gasteiger partial charge in [0.1, 0.15) is 11.6 Å². The lowest BCUT2D eigenvalue weighted by molar-refractivity contribution is -0.183. The zero-order chi connectivity index (χ0) is 15.0. The van der Waals surface area contributed by atoms with Gasteiger partial charge in [0.25, 0.3) is 0 Å². The van der Waals surface area contributed by atoms with Gasteiger partial charge in [-0.15, -0.1) is 10.2 Å². The Bertz CT molecular complexity index is 497. The molecule has 1 aliphatic heterocycles. The van der Waals surface area contributed by atoms with Crippen LogP contribution in [-0.2, 0) is 6.54 Å². The fourth-order valence-electron chi connectivity index (χ4n) is 3.61. The third-order valence-corrected chi connectivity index (χ3v) is 4.76. The predicted octanol–water partition coefficient (Wildman–Crippen LogP) is 3.17. The van der Waals surface area contributed by atoms with E-state index in [1.807, 2.05) is 4.57 Å². The molecule has 2 heterocycles. The van der Waals surface area contributed by atoms with Gasteiger partial charge >= 0.3 is 6.18 Å². The van der Waals surface area contributed by atoms with Gasteiger partial charge in [-0.1, -0.05) is 13.3 Å². The maximum absolute atomic E-state index is 13.0. The summed E-state index contributed by atoms with van der Waals surface area (Å²) in [5.74, 6) is 0.349. The lowest BCUT2D eigenvalue weighted by atomic mass is 9.80. The average Bonchev–Trinajstić information content (AvgIpc) is 2.90. The van der Waals surface area contributed by atoms with Crippen molar-refractivity contribution in [3.05, 3.63) is 11.6 Å². The molecule has 2 aliphatic rings. The first-order chi connectivity index (χ1) is 10.0. The molecule has 3 atom stereocenters. The average molecular weight is 302 g/mol. The number of rotatable bonds is 2. The molecule has 1 aromatic heterocycles. The molecule has 1 N–H and O–H groups in total. The Morgan fingerprint density at radius 2 is 2.00 bits per heavy atom. The third kappa shape index (κ3) is 2.80. The monoisotopic (exact) mass is 302 g/mol. The minimum Gasteiger partial charge on any atom is -0.312 e. The van der Waals surface area contributed by atoms with Gasteiger partial charge in [0.15, 0.2) is 0 Å². The largest absolute Gasteiger partial charge is 0.391 e. The van der Waals surface area contributed by atoms with Crippen LogP contribution in [-0.4, -0.2) is 27.5 Å². The van der Waals surface area contributed by atoms with Gasteiger partial charge in [-0.25, -0.2) is 0 Å². The van der Waals surface area contributed by atoms with Gasteiger partial charge in [-0.3, -0.25) is 0 Å². The van der Waals surface area contributed by atoms with Gasteiger partial charge in [-0.2, -0.15) is 13.2 Å². The number of hydrogen-bond acceptors (Lipinski definition) is 3. The summed E-state index contributed by atoms with van der Waals surface area (Å²) in [6, 6.07) is 0.169. The van der Waals surface area contributed by atoms with Crippen LogP contribution >= 0.6 is 0 Å². The van der Waals surface area contributed by atoms with E-state index in [0.29, 0.717) is 6.42 Å².